The minimum atomic E-state index is 0.00694. The maximum absolute atomic E-state index is 4.89. The summed E-state index contributed by atoms with van der Waals surface area (Å²) in [6.45, 7) is 3.89. The monoisotopic (exact) mass is 482 g/mol. The molecule has 8 heteroatoms. The van der Waals surface area contributed by atoms with Crippen molar-refractivity contribution in [1.82, 2.24) is 26.3 Å². The van der Waals surface area contributed by atoms with Crippen molar-refractivity contribution in [2.45, 2.75) is 88.6 Å². The third-order valence-corrected chi connectivity index (χ3v) is 6.43. The van der Waals surface area contributed by atoms with E-state index in [4.69, 9.17) is 25.2 Å². The largest absolute Gasteiger partial charge is 0.311 e. The number of fused-ring (bicyclic) bond motifs is 4. The summed E-state index contributed by atoms with van der Waals surface area (Å²) in [5, 5.41) is 15.2. The third kappa shape index (κ3) is 7.93. The van der Waals surface area contributed by atoms with Gasteiger partial charge in [0, 0.05) is 50.3 Å². The van der Waals surface area contributed by atoms with Crippen LogP contribution < -0.4 is 21.3 Å². The minimum absolute atomic E-state index is 0.00694. The first-order chi connectivity index (χ1) is 14.3. The molecule has 29 heavy (non-hydrogen) atoms. The van der Waals surface area contributed by atoms with Crippen molar-refractivity contribution in [3.63, 3.8) is 0 Å². The molecule has 5 nitrogen and oxygen atoms in total. The molecule has 1 unspecified atom stereocenters. The van der Waals surface area contributed by atoms with E-state index in [9.17, 15) is 0 Å². The molecule has 1 aromatic heterocycles. The molecule has 2 aliphatic carbocycles. The number of nitrogens with one attached hydrogen (secondary N) is 4. The van der Waals surface area contributed by atoms with Gasteiger partial charge in [-0.2, -0.15) is 0 Å². The Morgan fingerprint density at radius 2 is 1.07 bits per heavy atom. The van der Waals surface area contributed by atoms with Crippen LogP contribution in [0.4, 0.5) is 0 Å². The Morgan fingerprint density at radius 1 is 0.690 bits per heavy atom. The second-order valence-corrected chi connectivity index (χ2v) is 10.3. The summed E-state index contributed by atoms with van der Waals surface area (Å²) in [5.74, 6) is 0. The van der Waals surface area contributed by atoms with Crippen LogP contribution in [0, 0.1) is 0 Å². The molecule has 4 N–H and O–H groups in total. The van der Waals surface area contributed by atoms with Crippen molar-refractivity contribution in [3.05, 3.63) is 29.6 Å². The maximum atomic E-state index is 4.89. The van der Waals surface area contributed by atoms with Crippen LogP contribution in [0.25, 0.3) is 0 Å². The van der Waals surface area contributed by atoms with Gasteiger partial charge < -0.3 is 21.3 Å². The molecular weight excluding hydrogens is 448 g/mol. The minimum Gasteiger partial charge on any atom is -0.311 e. The molecule has 165 valence electrons. The summed E-state index contributed by atoms with van der Waals surface area (Å²) < 4.78 is 0. The van der Waals surface area contributed by atoms with E-state index in [1.807, 2.05) is 0 Å². The molecule has 0 amide bonds. The van der Waals surface area contributed by atoms with Crippen molar-refractivity contribution in [1.29, 1.82) is 0 Å². The number of hydrogen-bond acceptors (Lipinski definition) is 5. The number of nitrogens with zero attached hydrogens (tertiary/aromatic N) is 1. The number of aromatic nitrogens is 1. The third-order valence-electron chi connectivity index (χ3n) is 6.43. The van der Waals surface area contributed by atoms with E-state index in [2.05, 4.69) is 39.5 Å². The van der Waals surface area contributed by atoms with Gasteiger partial charge in [0.25, 0.3) is 0 Å². The molecule has 0 spiro atoms. The number of hydrogen-bond donors (Lipinski definition) is 4. The standard InChI is InChI=1S/C21H35N5.2ClH.Mn/c1-3-10-20-18(8-1)22-12-13-23-19-9-2-4-11-21(19)25-15-17-7-5-6-16(26-17)14-24-20;;;/h5-7,18-25H,1-4,8-15H2;2*1H;/q;;;+2/p-2/t18-,19?,20+,21-;;;/m0.../s1. The van der Waals surface area contributed by atoms with Gasteiger partial charge in [0.2, 0.25) is 0 Å². The van der Waals surface area contributed by atoms with E-state index in [1.54, 1.807) is 0 Å². The van der Waals surface area contributed by atoms with Gasteiger partial charge in [0.05, 0.1) is 11.4 Å². The molecule has 3 aliphatic rings. The second kappa shape index (κ2) is 13.5. The summed E-state index contributed by atoms with van der Waals surface area (Å²) in [7, 11) is 9.59. The zero-order valence-corrected chi connectivity index (χ0v) is 19.8. The molecule has 4 atom stereocenters. The quantitative estimate of drug-likeness (QED) is 0.426. The number of halogens is 2. The molecule has 2 saturated carbocycles. The van der Waals surface area contributed by atoms with Crippen LogP contribution in [0.1, 0.15) is 62.8 Å². The Kier molecular flexibility index (Phi) is 11.0. The fraction of sp³-hybridized carbons (Fsp3) is 0.762. The van der Waals surface area contributed by atoms with Crippen LogP contribution in [-0.4, -0.2) is 42.2 Å². The van der Waals surface area contributed by atoms with Gasteiger partial charge in [-0.3, -0.25) is 4.98 Å². The van der Waals surface area contributed by atoms with Gasteiger partial charge in [0.1, 0.15) is 0 Å². The zero-order chi connectivity index (χ0) is 20.3. The van der Waals surface area contributed by atoms with Crippen molar-refractivity contribution >= 4 is 20.2 Å². The van der Waals surface area contributed by atoms with E-state index in [0.29, 0.717) is 24.2 Å². The first-order valence-electron chi connectivity index (χ1n) is 11.1. The molecule has 0 saturated heterocycles. The summed E-state index contributed by atoms with van der Waals surface area (Å²) in [5.41, 5.74) is 2.34. The van der Waals surface area contributed by atoms with Crippen LogP contribution in [0.3, 0.4) is 0 Å². The molecule has 1 aliphatic heterocycles. The maximum Gasteiger partial charge on any atom is 0.0545 e. The molecule has 2 heterocycles. The summed E-state index contributed by atoms with van der Waals surface area (Å²) >= 11 is 0.00694. The topological polar surface area (TPSA) is 61.0 Å². The Hall–Kier alpha value is 0.0895. The normalized spacial score (nSPS) is 31.1. The zero-order valence-electron chi connectivity index (χ0n) is 17.1. The summed E-state index contributed by atoms with van der Waals surface area (Å²) in [6.07, 6.45) is 10.5. The van der Waals surface area contributed by atoms with E-state index >= 15 is 0 Å². The first-order valence-corrected chi connectivity index (χ1v) is 14.3. The van der Waals surface area contributed by atoms with Crippen LogP contribution in [0.5, 0.6) is 0 Å². The van der Waals surface area contributed by atoms with Crippen LogP contribution in [0.15, 0.2) is 18.2 Å². The SMILES string of the molecule is [Cl][Mn][Cl].c1cc2nc(c1)CN[C@@H]1CCCC[C@@H]1NCCNC1CCCC[C@@H]1NC2. The van der Waals surface area contributed by atoms with Crippen LogP contribution in [-0.2, 0) is 26.2 Å². The predicted molar refractivity (Wildman–Crippen MR) is 118 cm³/mol. The van der Waals surface area contributed by atoms with Gasteiger partial charge in [-0.1, -0.05) is 31.7 Å². The second-order valence-electron chi connectivity index (χ2n) is 8.34. The van der Waals surface area contributed by atoms with Crippen molar-refractivity contribution in [2.75, 3.05) is 13.1 Å². The van der Waals surface area contributed by atoms with Gasteiger partial charge in [-0.25, -0.2) is 0 Å². The van der Waals surface area contributed by atoms with Gasteiger partial charge in [-0.15, -0.1) is 0 Å². The van der Waals surface area contributed by atoms with E-state index < -0.39 is 0 Å². The fourth-order valence-electron chi connectivity index (χ4n) is 4.95. The average molecular weight is 483 g/mol. The number of pyridine rings is 1. The molecule has 4 rings (SSSR count). The molecule has 0 radical (unpaired) electrons. The molecule has 0 aromatic carbocycles. The molecule has 1 aromatic rings. The van der Waals surface area contributed by atoms with E-state index in [-0.39, 0.29) is 13.1 Å². The summed E-state index contributed by atoms with van der Waals surface area (Å²) in [6, 6.07) is 8.81. The Morgan fingerprint density at radius 3 is 1.48 bits per heavy atom. The Labute approximate surface area is 190 Å². The smallest absolute Gasteiger partial charge is 0.0545 e. The Balaban J connectivity index is 0.000000755. The van der Waals surface area contributed by atoms with Gasteiger partial charge in [0.15, 0.2) is 0 Å². The van der Waals surface area contributed by atoms with E-state index in [1.165, 1.54) is 62.8 Å². The van der Waals surface area contributed by atoms with Gasteiger partial charge >= 0.3 is 33.3 Å². The molecule has 2 fully saturated rings. The molecule has 2 bridgehead atoms. The average Bonchev–Trinajstić information content (AvgIpc) is 2.76. The summed E-state index contributed by atoms with van der Waals surface area (Å²) in [4.78, 5) is 4.89. The van der Waals surface area contributed by atoms with Crippen molar-refractivity contribution in [2.24, 2.45) is 0 Å². The molecular formula is C21H35Cl2MnN5. The predicted octanol–water partition coefficient (Wildman–Crippen LogP) is 3.45. The van der Waals surface area contributed by atoms with Crippen LogP contribution >= 0.6 is 20.2 Å². The van der Waals surface area contributed by atoms with Gasteiger partial charge in [-0.05, 0) is 37.8 Å². The van der Waals surface area contributed by atoms with Crippen molar-refractivity contribution < 1.29 is 13.1 Å². The van der Waals surface area contributed by atoms with Crippen molar-refractivity contribution in [3.8, 4) is 0 Å². The number of rotatable bonds is 0. The first kappa shape index (κ1) is 23.7. The van der Waals surface area contributed by atoms with E-state index in [0.717, 1.165) is 26.2 Å². The van der Waals surface area contributed by atoms with Crippen LogP contribution in [0.2, 0.25) is 0 Å². The fourth-order valence-corrected chi connectivity index (χ4v) is 4.95. The Bertz CT molecular complexity index is 549.